The van der Waals surface area contributed by atoms with Gasteiger partial charge in [-0.15, -0.1) is 0 Å². The third kappa shape index (κ3) is 1.78. The first-order valence-corrected chi connectivity index (χ1v) is 6.25. The third-order valence-corrected chi connectivity index (χ3v) is 3.47. The highest BCUT2D eigenvalue weighted by Crippen LogP contribution is 2.30. The van der Waals surface area contributed by atoms with Crippen molar-refractivity contribution in [1.29, 1.82) is 0 Å². The molecule has 1 aromatic carbocycles. The lowest BCUT2D eigenvalue weighted by atomic mass is 10.1. The molecule has 2 N–H and O–H groups in total. The van der Waals surface area contributed by atoms with Crippen LogP contribution in [0, 0.1) is 0 Å². The molecule has 0 amide bonds. The molecule has 1 atom stereocenters. The number of hydrogen-bond acceptors (Lipinski definition) is 3. The number of aromatic nitrogens is 2. The molecule has 0 fully saturated rings. The number of nitrogens with zero attached hydrogens (tertiary/aromatic N) is 2. The number of ether oxygens (including phenoxy) is 1. The predicted molar refractivity (Wildman–Crippen MR) is 70.4 cm³/mol. The van der Waals surface area contributed by atoms with Crippen LogP contribution in [0.4, 0.5) is 0 Å². The highest BCUT2D eigenvalue weighted by atomic mass is 16.5. The van der Waals surface area contributed by atoms with Crippen LogP contribution >= 0.6 is 0 Å². The molecule has 4 nitrogen and oxygen atoms in total. The van der Waals surface area contributed by atoms with Gasteiger partial charge in [0.05, 0.1) is 13.3 Å². The van der Waals surface area contributed by atoms with Crippen molar-refractivity contribution in [2.75, 3.05) is 7.11 Å². The summed E-state index contributed by atoms with van der Waals surface area (Å²) < 4.78 is 7.41. The van der Waals surface area contributed by atoms with Crippen LogP contribution in [-0.4, -0.2) is 16.7 Å². The van der Waals surface area contributed by atoms with Gasteiger partial charge in [-0.25, -0.2) is 4.98 Å². The smallest absolute Gasteiger partial charge is 0.141 e. The van der Waals surface area contributed by atoms with Crippen molar-refractivity contribution >= 4 is 0 Å². The van der Waals surface area contributed by atoms with Gasteiger partial charge < -0.3 is 15.0 Å². The van der Waals surface area contributed by atoms with Crippen LogP contribution in [0.3, 0.4) is 0 Å². The Kier molecular flexibility index (Phi) is 2.80. The van der Waals surface area contributed by atoms with Gasteiger partial charge in [-0.05, 0) is 31.4 Å². The van der Waals surface area contributed by atoms with E-state index in [0.717, 1.165) is 36.4 Å². The summed E-state index contributed by atoms with van der Waals surface area (Å²) in [5, 5.41) is 0. The Labute approximate surface area is 106 Å². The van der Waals surface area contributed by atoms with E-state index in [0.29, 0.717) is 0 Å². The Morgan fingerprint density at radius 2 is 2.33 bits per heavy atom. The number of benzene rings is 1. The Morgan fingerprint density at radius 3 is 3.17 bits per heavy atom. The predicted octanol–water partition coefficient (Wildman–Crippen LogP) is 2.35. The first kappa shape index (κ1) is 11.3. The maximum Gasteiger partial charge on any atom is 0.141 e. The van der Waals surface area contributed by atoms with Gasteiger partial charge in [-0.3, -0.25) is 0 Å². The first-order chi connectivity index (χ1) is 8.79. The maximum absolute atomic E-state index is 6.19. The number of aryl methyl sites for hydroxylation is 1. The van der Waals surface area contributed by atoms with Gasteiger partial charge in [-0.2, -0.15) is 0 Å². The van der Waals surface area contributed by atoms with Crippen LogP contribution in [-0.2, 0) is 6.42 Å². The van der Waals surface area contributed by atoms with Crippen LogP contribution in [0.2, 0.25) is 0 Å². The molecule has 0 radical (unpaired) electrons. The van der Waals surface area contributed by atoms with Crippen LogP contribution in [0.25, 0.3) is 11.4 Å². The Hall–Kier alpha value is -1.81. The zero-order valence-corrected chi connectivity index (χ0v) is 10.5. The zero-order chi connectivity index (χ0) is 12.5. The van der Waals surface area contributed by atoms with Gasteiger partial charge in [0.1, 0.15) is 11.6 Å². The van der Waals surface area contributed by atoms with E-state index in [1.165, 1.54) is 5.69 Å². The van der Waals surface area contributed by atoms with Crippen molar-refractivity contribution in [3.8, 4) is 17.1 Å². The molecule has 1 aromatic heterocycles. The van der Waals surface area contributed by atoms with Crippen molar-refractivity contribution < 1.29 is 4.74 Å². The van der Waals surface area contributed by atoms with E-state index in [9.17, 15) is 0 Å². The third-order valence-electron chi connectivity index (χ3n) is 3.47. The molecule has 0 bridgehead atoms. The second-order valence-corrected chi connectivity index (χ2v) is 4.63. The van der Waals surface area contributed by atoms with E-state index in [-0.39, 0.29) is 6.17 Å². The SMILES string of the molecule is COc1cccc(-c2ncc3n2C(N)CCC3)c1. The molecule has 1 aliphatic rings. The molecule has 1 unspecified atom stereocenters. The Balaban J connectivity index is 2.09. The second-order valence-electron chi connectivity index (χ2n) is 4.63. The molecule has 1 aliphatic heterocycles. The summed E-state index contributed by atoms with van der Waals surface area (Å²) in [5.74, 6) is 1.78. The number of rotatable bonds is 2. The minimum Gasteiger partial charge on any atom is -0.497 e. The fraction of sp³-hybridized carbons (Fsp3) is 0.357. The average Bonchev–Trinajstić information content (AvgIpc) is 2.84. The van der Waals surface area contributed by atoms with Crippen LogP contribution in [0.1, 0.15) is 24.7 Å². The average molecular weight is 243 g/mol. The standard InChI is InChI=1S/C14H17N3O/c1-18-12-6-2-4-10(8-12)14-16-9-11-5-3-7-13(15)17(11)14/h2,4,6,8-9,13H,3,5,7,15H2,1H3. The lowest BCUT2D eigenvalue weighted by Gasteiger charge is -2.24. The molecule has 2 aromatic rings. The molecule has 0 spiro atoms. The number of nitrogens with two attached hydrogens (primary N) is 1. The van der Waals surface area contributed by atoms with Crippen molar-refractivity contribution in [2.24, 2.45) is 5.73 Å². The maximum atomic E-state index is 6.19. The first-order valence-electron chi connectivity index (χ1n) is 6.25. The van der Waals surface area contributed by atoms with Crippen molar-refractivity contribution in [2.45, 2.75) is 25.4 Å². The van der Waals surface area contributed by atoms with E-state index in [1.807, 2.05) is 30.5 Å². The molecule has 18 heavy (non-hydrogen) atoms. The molecular formula is C14H17N3O. The van der Waals surface area contributed by atoms with Crippen molar-refractivity contribution in [3.63, 3.8) is 0 Å². The van der Waals surface area contributed by atoms with E-state index in [4.69, 9.17) is 10.5 Å². The van der Waals surface area contributed by atoms with E-state index in [2.05, 4.69) is 9.55 Å². The number of imidazole rings is 1. The van der Waals surface area contributed by atoms with Crippen molar-refractivity contribution in [1.82, 2.24) is 9.55 Å². The number of fused-ring (bicyclic) bond motifs is 1. The number of hydrogen-bond donors (Lipinski definition) is 1. The van der Waals surface area contributed by atoms with Gasteiger partial charge in [0.2, 0.25) is 0 Å². The molecule has 2 heterocycles. The van der Waals surface area contributed by atoms with Gasteiger partial charge >= 0.3 is 0 Å². The second kappa shape index (κ2) is 4.46. The fourth-order valence-electron chi connectivity index (χ4n) is 2.55. The molecule has 0 saturated carbocycles. The quantitative estimate of drug-likeness (QED) is 0.880. The summed E-state index contributed by atoms with van der Waals surface area (Å²) >= 11 is 0. The topological polar surface area (TPSA) is 53.1 Å². The Morgan fingerprint density at radius 1 is 1.44 bits per heavy atom. The monoisotopic (exact) mass is 243 g/mol. The minimum absolute atomic E-state index is 0.0393. The van der Waals surface area contributed by atoms with Gasteiger partial charge in [0, 0.05) is 17.5 Å². The summed E-state index contributed by atoms with van der Waals surface area (Å²) in [5.41, 5.74) is 8.47. The summed E-state index contributed by atoms with van der Waals surface area (Å²) in [7, 11) is 1.67. The molecule has 4 heteroatoms. The van der Waals surface area contributed by atoms with Crippen LogP contribution < -0.4 is 10.5 Å². The van der Waals surface area contributed by atoms with E-state index >= 15 is 0 Å². The normalized spacial score (nSPS) is 18.4. The highest BCUT2D eigenvalue weighted by molar-refractivity contribution is 5.59. The molecule has 0 saturated heterocycles. The number of methoxy groups -OCH3 is 1. The largest absolute Gasteiger partial charge is 0.497 e. The highest BCUT2D eigenvalue weighted by Gasteiger charge is 2.21. The minimum atomic E-state index is 0.0393. The molecular weight excluding hydrogens is 226 g/mol. The van der Waals surface area contributed by atoms with Crippen LogP contribution in [0.15, 0.2) is 30.5 Å². The van der Waals surface area contributed by atoms with E-state index < -0.39 is 0 Å². The molecule has 3 rings (SSSR count). The van der Waals surface area contributed by atoms with Gasteiger partial charge in [0.25, 0.3) is 0 Å². The fourth-order valence-corrected chi connectivity index (χ4v) is 2.55. The summed E-state index contributed by atoms with van der Waals surface area (Å²) in [6.07, 6.45) is 5.20. The summed E-state index contributed by atoms with van der Waals surface area (Å²) in [6.45, 7) is 0. The van der Waals surface area contributed by atoms with Gasteiger partial charge in [0.15, 0.2) is 0 Å². The lowest BCUT2D eigenvalue weighted by molar-refractivity contribution is 0.413. The zero-order valence-electron chi connectivity index (χ0n) is 10.5. The Bertz CT molecular complexity index is 562. The van der Waals surface area contributed by atoms with E-state index in [1.54, 1.807) is 7.11 Å². The summed E-state index contributed by atoms with van der Waals surface area (Å²) in [4.78, 5) is 4.52. The molecule has 0 aliphatic carbocycles. The van der Waals surface area contributed by atoms with Crippen molar-refractivity contribution in [3.05, 3.63) is 36.2 Å². The van der Waals surface area contributed by atoms with Crippen LogP contribution in [0.5, 0.6) is 5.75 Å². The van der Waals surface area contributed by atoms with Gasteiger partial charge in [-0.1, -0.05) is 12.1 Å². The summed E-state index contributed by atoms with van der Waals surface area (Å²) in [6, 6.07) is 7.95. The lowest BCUT2D eigenvalue weighted by Crippen LogP contribution is -2.25. The molecule has 94 valence electrons.